The zero-order valence-electron chi connectivity index (χ0n) is 15.5. The predicted molar refractivity (Wildman–Crippen MR) is 112 cm³/mol. The molecule has 1 N–H and O–H groups in total. The molecule has 2 aliphatic rings. The second kappa shape index (κ2) is 10.4. The maximum atomic E-state index is 13.2. The molecule has 146 valence electrons. The molecule has 0 saturated carbocycles. The summed E-state index contributed by atoms with van der Waals surface area (Å²) >= 11 is 0. The molecule has 2 saturated heterocycles. The van der Waals surface area contributed by atoms with E-state index >= 15 is 0 Å². The summed E-state index contributed by atoms with van der Waals surface area (Å²) in [6.45, 7) is 5.29. The highest BCUT2D eigenvalue weighted by Gasteiger charge is 2.28. The lowest BCUT2D eigenvalue weighted by atomic mass is 10.1. The Kier molecular flexibility index (Phi) is 8.56. The molecule has 0 amide bonds. The Morgan fingerprint density at radius 3 is 2.73 bits per heavy atom. The van der Waals surface area contributed by atoms with Crippen LogP contribution in [0.3, 0.4) is 0 Å². The predicted octanol–water partition coefficient (Wildman–Crippen LogP) is 3.35. The SMILES string of the molecule is CN=C(NCCC1CCCO1)N1CC(C)OC(c2ccc(F)cc2)C1.I. The molecule has 7 heteroatoms. The average molecular weight is 477 g/mol. The van der Waals surface area contributed by atoms with Crippen LogP contribution in [0.2, 0.25) is 0 Å². The van der Waals surface area contributed by atoms with Gasteiger partial charge in [-0.05, 0) is 43.9 Å². The summed E-state index contributed by atoms with van der Waals surface area (Å²) in [6, 6.07) is 6.56. The molecule has 3 unspecified atom stereocenters. The molecular weight excluding hydrogens is 448 g/mol. The van der Waals surface area contributed by atoms with Crippen molar-refractivity contribution in [3.63, 3.8) is 0 Å². The molecule has 2 aliphatic heterocycles. The second-order valence-corrected chi connectivity index (χ2v) is 6.79. The van der Waals surface area contributed by atoms with Gasteiger partial charge < -0.3 is 19.7 Å². The summed E-state index contributed by atoms with van der Waals surface area (Å²) in [6.07, 6.45) is 3.70. The van der Waals surface area contributed by atoms with E-state index in [0.29, 0.717) is 12.6 Å². The Morgan fingerprint density at radius 2 is 2.08 bits per heavy atom. The third-order valence-electron chi connectivity index (χ3n) is 4.79. The van der Waals surface area contributed by atoms with Crippen molar-refractivity contribution in [3.8, 4) is 0 Å². The summed E-state index contributed by atoms with van der Waals surface area (Å²) in [4.78, 5) is 6.65. The number of nitrogens with one attached hydrogen (secondary N) is 1. The van der Waals surface area contributed by atoms with Crippen molar-refractivity contribution in [3.05, 3.63) is 35.6 Å². The Bertz CT molecular complexity index is 579. The smallest absolute Gasteiger partial charge is 0.193 e. The van der Waals surface area contributed by atoms with Crippen molar-refractivity contribution in [2.75, 3.05) is 33.3 Å². The summed E-state index contributed by atoms with van der Waals surface area (Å²) in [5.41, 5.74) is 0.993. The number of nitrogens with zero attached hydrogens (tertiary/aromatic N) is 2. The van der Waals surface area contributed by atoms with Crippen molar-refractivity contribution in [2.24, 2.45) is 4.99 Å². The molecular formula is C19H29FIN3O2. The number of guanidine groups is 1. The van der Waals surface area contributed by atoms with Gasteiger partial charge >= 0.3 is 0 Å². The van der Waals surface area contributed by atoms with E-state index in [2.05, 4.69) is 22.1 Å². The first kappa shape index (κ1) is 21.4. The third-order valence-corrected chi connectivity index (χ3v) is 4.79. The molecule has 0 aromatic heterocycles. The van der Waals surface area contributed by atoms with Crippen LogP contribution in [0.15, 0.2) is 29.3 Å². The lowest BCUT2D eigenvalue weighted by Gasteiger charge is -2.38. The largest absolute Gasteiger partial charge is 0.378 e. The van der Waals surface area contributed by atoms with E-state index in [1.807, 2.05) is 0 Å². The first-order valence-corrected chi connectivity index (χ1v) is 9.14. The topological polar surface area (TPSA) is 46.1 Å². The Balaban J connectivity index is 0.00000243. The van der Waals surface area contributed by atoms with Gasteiger partial charge in [0.25, 0.3) is 0 Å². The molecule has 2 heterocycles. The number of aliphatic imine (C=N–C) groups is 1. The normalized spacial score (nSPS) is 26.5. The number of halogens is 2. The number of rotatable bonds is 4. The van der Waals surface area contributed by atoms with Crippen molar-refractivity contribution in [1.82, 2.24) is 10.2 Å². The molecule has 2 fully saturated rings. The van der Waals surface area contributed by atoms with E-state index in [1.165, 1.54) is 18.6 Å². The second-order valence-electron chi connectivity index (χ2n) is 6.79. The number of hydrogen-bond acceptors (Lipinski definition) is 3. The summed E-state index contributed by atoms with van der Waals surface area (Å²) in [5, 5.41) is 3.45. The quantitative estimate of drug-likeness (QED) is 0.411. The summed E-state index contributed by atoms with van der Waals surface area (Å²) in [7, 11) is 1.81. The lowest BCUT2D eigenvalue weighted by molar-refractivity contribution is -0.0605. The zero-order valence-corrected chi connectivity index (χ0v) is 17.8. The maximum absolute atomic E-state index is 13.2. The number of hydrogen-bond donors (Lipinski definition) is 1. The van der Waals surface area contributed by atoms with E-state index in [-0.39, 0.29) is 42.0 Å². The lowest BCUT2D eigenvalue weighted by Crippen LogP contribution is -2.51. The van der Waals surface area contributed by atoms with Crippen molar-refractivity contribution in [2.45, 2.75) is 44.5 Å². The van der Waals surface area contributed by atoms with Crippen molar-refractivity contribution in [1.29, 1.82) is 0 Å². The molecule has 3 atom stereocenters. The highest BCUT2D eigenvalue weighted by atomic mass is 127. The highest BCUT2D eigenvalue weighted by Crippen LogP contribution is 2.25. The van der Waals surface area contributed by atoms with Gasteiger partial charge in [0.1, 0.15) is 11.9 Å². The van der Waals surface area contributed by atoms with Gasteiger partial charge in [-0.1, -0.05) is 12.1 Å². The van der Waals surface area contributed by atoms with Crippen LogP contribution in [0.25, 0.3) is 0 Å². The van der Waals surface area contributed by atoms with E-state index in [4.69, 9.17) is 9.47 Å². The number of ether oxygens (including phenoxy) is 2. The number of benzene rings is 1. The van der Waals surface area contributed by atoms with Crippen LogP contribution in [-0.4, -0.2) is 56.4 Å². The first-order valence-electron chi connectivity index (χ1n) is 9.14. The average Bonchev–Trinajstić information content (AvgIpc) is 3.12. The molecule has 5 nitrogen and oxygen atoms in total. The van der Waals surface area contributed by atoms with Crippen LogP contribution in [0, 0.1) is 5.82 Å². The van der Waals surface area contributed by atoms with Crippen LogP contribution in [0.1, 0.15) is 37.9 Å². The Labute approximate surface area is 172 Å². The van der Waals surface area contributed by atoms with Gasteiger partial charge in [-0.25, -0.2) is 4.39 Å². The highest BCUT2D eigenvalue weighted by molar-refractivity contribution is 14.0. The van der Waals surface area contributed by atoms with E-state index in [1.54, 1.807) is 19.2 Å². The molecule has 3 rings (SSSR count). The van der Waals surface area contributed by atoms with Crippen LogP contribution < -0.4 is 5.32 Å². The van der Waals surface area contributed by atoms with Crippen LogP contribution >= 0.6 is 24.0 Å². The molecule has 1 aromatic carbocycles. The van der Waals surface area contributed by atoms with Gasteiger partial charge in [0.15, 0.2) is 5.96 Å². The minimum atomic E-state index is -0.226. The molecule has 0 aliphatic carbocycles. The molecule has 0 bridgehead atoms. The van der Waals surface area contributed by atoms with Crippen molar-refractivity contribution >= 4 is 29.9 Å². The number of morpholine rings is 1. The van der Waals surface area contributed by atoms with E-state index < -0.39 is 0 Å². The van der Waals surface area contributed by atoms with E-state index in [0.717, 1.165) is 44.1 Å². The monoisotopic (exact) mass is 477 g/mol. The summed E-state index contributed by atoms with van der Waals surface area (Å²) in [5.74, 6) is 0.663. The molecule has 0 spiro atoms. The summed E-state index contributed by atoms with van der Waals surface area (Å²) < 4.78 is 24.9. The fourth-order valence-electron chi connectivity index (χ4n) is 3.54. The minimum absolute atomic E-state index is 0. The van der Waals surface area contributed by atoms with E-state index in [9.17, 15) is 4.39 Å². The van der Waals surface area contributed by atoms with Gasteiger partial charge in [-0.15, -0.1) is 24.0 Å². The van der Waals surface area contributed by atoms with Gasteiger partial charge in [0, 0.05) is 26.7 Å². The Morgan fingerprint density at radius 1 is 1.31 bits per heavy atom. The maximum Gasteiger partial charge on any atom is 0.193 e. The van der Waals surface area contributed by atoms with Crippen LogP contribution in [-0.2, 0) is 9.47 Å². The minimum Gasteiger partial charge on any atom is -0.378 e. The fourth-order valence-corrected chi connectivity index (χ4v) is 3.54. The van der Waals surface area contributed by atoms with Gasteiger partial charge in [0.2, 0.25) is 0 Å². The molecule has 1 aromatic rings. The zero-order chi connectivity index (χ0) is 17.6. The van der Waals surface area contributed by atoms with Gasteiger partial charge in [-0.3, -0.25) is 4.99 Å². The third kappa shape index (κ3) is 5.79. The standard InChI is InChI=1S/C19H28FN3O2.HI/c1-14-12-23(13-18(25-14)15-5-7-16(20)8-6-15)19(21-2)22-10-9-17-4-3-11-24-17;/h5-8,14,17-18H,3-4,9-13H2,1-2H3,(H,21,22);1H. The van der Waals surface area contributed by atoms with Crippen LogP contribution in [0.5, 0.6) is 0 Å². The van der Waals surface area contributed by atoms with Crippen molar-refractivity contribution < 1.29 is 13.9 Å². The Hall–Kier alpha value is -0.930. The van der Waals surface area contributed by atoms with Crippen LogP contribution in [0.4, 0.5) is 4.39 Å². The molecule has 0 radical (unpaired) electrons. The fraction of sp³-hybridized carbons (Fsp3) is 0.632. The van der Waals surface area contributed by atoms with Gasteiger partial charge in [0.05, 0.1) is 18.8 Å². The molecule has 26 heavy (non-hydrogen) atoms. The van der Waals surface area contributed by atoms with Gasteiger partial charge in [-0.2, -0.15) is 0 Å². The first-order chi connectivity index (χ1) is 12.2.